The van der Waals surface area contributed by atoms with Gasteiger partial charge in [-0.2, -0.15) is 0 Å². The van der Waals surface area contributed by atoms with E-state index < -0.39 is 11.9 Å². The summed E-state index contributed by atoms with van der Waals surface area (Å²) in [5.41, 5.74) is 3.32. The van der Waals surface area contributed by atoms with Crippen molar-refractivity contribution in [3.8, 4) is 0 Å². The fourth-order valence-corrected chi connectivity index (χ4v) is 2.69. The van der Waals surface area contributed by atoms with E-state index in [1.54, 1.807) is 0 Å². The highest BCUT2D eigenvalue weighted by Gasteiger charge is 2.39. The average Bonchev–Trinajstić information content (AvgIpc) is 2.79. The number of nitrogens with zero attached hydrogens (tertiary/aromatic N) is 1. The first kappa shape index (κ1) is 15.2. The SMILES string of the molecule is Cc1ccc(C)c(NC2CC(=O)N(c3ccc(F)cc3)C2=O)c1. The summed E-state index contributed by atoms with van der Waals surface area (Å²) in [5.74, 6) is -1.01. The molecule has 1 unspecified atom stereocenters. The zero-order valence-electron chi connectivity index (χ0n) is 13.0. The van der Waals surface area contributed by atoms with E-state index in [-0.39, 0.29) is 18.2 Å². The van der Waals surface area contributed by atoms with Crippen molar-refractivity contribution in [1.82, 2.24) is 0 Å². The minimum absolute atomic E-state index is 0.0869. The predicted octanol–water partition coefficient (Wildman–Crippen LogP) is 3.19. The van der Waals surface area contributed by atoms with E-state index in [0.717, 1.165) is 21.7 Å². The van der Waals surface area contributed by atoms with Gasteiger partial charge in [-0.3, -0.25) is 9.59 Å². The summed E-state index contributed by atoms with van der Waals surface area (Å²) < 4.78 is 13.0. The summed E-state index contributed by atoms with van der Waals surface area (Å²) in [4.78, 5) is 25.9. The lowest BCUT2D eigenvalue weighted by atomic mass is 10.1. The fraction of sp³-hybridized carbons (Fsp3) is 0.222. The highest BCUT2D eigenvalue weighted by molar-refractivity contribution is 6.23. The molecule has 118 valence electrons. The molecule has 1 N–H and O–H groups in total. The van der Waals surface area contributed by atoms with Crippen molar-refractivity contribution >= 4 is 23.2 Å². The maximum Gasteiger partial charge on any atom is 0.256 e. The number of anilines is 2. The van der Waals surface area contributed by atoms with Crippen molar-refractivity contribution in [2.24, 2.45) is 0 Å². The maximum atomic E-state index is 13.0. The van der Waals surface area contributed by atoms with Gasteiger partial charge in [-0.05, 0) is 55.3 Å². The summed E-state index contributed by atoms with van der Waals surface area (Å²) >= 11 is 0. The molecule has 2 aromatic carbocycles. The Labute approximate surface area is 133 Å². The number of amides is 2. The number of hydrogen-bond donors (Lipinski definition) is 1. The van der Waals surface area contributed by atoms with Crippen molar-refractivity contribution < 1.29 is 14.0 Å². The van der Waals surface area contributed by atoms with E-state index in [2.05, 4.69) is 5.32 Å². The highest BCUT2D eigenvalue weighted by Crippen LogP contribution is 2.26. The molecule has 0 aromatic heterocycles. The van der Waals surface area contributed by atoms with Gasteiger partial charge < -0.3 is 5.32 Å². The smallest absolute Gasteiger partial charge is 0.256 e. The van der Waals surface area contributed by atoms with Crippen LogP contribution >= 0.6 is 0 Å². The van der Waals surface area contributed by atoms with Gasteiger partial charge in [-0.1, -0.05) is 12.1 Å². The molecule has 1 aliphatic rings. The quantitative estimate of drug-likeness (QED) is 0.886. The van der Waals surface area contributed by atoms with E-state index in [4.69, 9.17) is 0 Å². The molecular weight excluding hydrogens is 295 g/mol. The summed E-state index contributed by atoms with van der Waals surface area (Å²) in [6.07, 6.45) is 0.0869. The molecule has 5 heteroatoms. The Balaban J connectivity index is 1.83. The van der Waals surface area contributed by atoms with Crippen LogP contribution in [0.4, 0.5) is 15.8 Å². The molecule has 4 nitrogen and oxygen atoms in total. The molecule has 0 saturated carbocycles. The minimum atomic E-state index is -0.604. The first-order valence-electron chi connectivity index (χ1n) is 7.42. The molecule has 23 heavy (non-hydrogen) atoms. The lowest BCUT2D eigenvalue weighted by Crippen LogP contribution is -2.34. The van der Waals surface area contributed by atoms with Gasteiger partial charge in [-0.15, -0.1) is 0 Å². The molecule has 1 aliphatic heterocycles. The zero-order valence-corrected chi connectivity index (χ0v) is 13.0. The number of nitrogens with one attached hydrogen (secondary N) is 1. The molecule has 1 fully saturated rings. The van der Waals surface area contributed by atoms with Crippen LogP contribution in [0.15, 0.2) is 42.5 Å². The molecule has 1 saturated heterocycles. The van der Waals surface area contributed by atoms with Crippen LogP contribution in [-0.2, 0) is 9.59 Å². The summed E-state index contributed by atoms with van der Waals surface area (Å²) in [5, 5.41) is 3.16. The fourth-order valence-electron chi connectivity index (χ4n) is 2.69. The van der Waals surface area contributed by atoms with Crippen molar-refractivity contribution in [2.75, 3.05) is 10.2 Å². The van der Waals surface area contributed by atoms with Gasteiger partial charge in [0.2, 0.25) is 5.91 Å². The molecule has 0 bridgehead atoms. The largest absolute Gasteiger partial charge is 0.373 e. The second-order valence-corrected chi connectivity index (χ2v) is 5.76. The topological polar surface area (TPSA) is 49.4 Å². The predicted molar refractivity (Wildman–Crippen MR) is 86.8 cm³/mol. The number of hydrogen-bond acceptors (Lipinski definition) is 3. The number of aryl methyl sites for hydroxylation is 2. The molecule has 0 spiro atoms. The Morgan fingerprint density at radius 1 is 1.09 bits per heavy atom. The van der Waals surface area contributed by atoms with Crippen LogP contribution in [0.25, 0.3) is 0 Å². The number of benzene rings is 2. The van der Waals surface area contributed by atoms with E-state index in [9.17, 15) is 14.0 Å². The van der Waals surface area contributed by atoms with Crippen molar-refractivity contribution in [2.45, 2.75) is 26.3 Å². The van der Waals surface area contributed by atoms with Crippen molar-refractivity contribution in [1.29, 1.82) is 0 Å². The number of carbonyl (C=O) groups is 2. The first-order chi connectivity index (χ1) is 11.0. The van der Waals surface area contributed by atoms with E-state index >= 15 is 0 Å². The van der Waals surface area contributed by atoms with Gasteiger partial charge in [0.05, 0.1) is 12.1 Å². The second-order valence-electron chi connectivity index (χ2n) is 5.76. The Morgan fingerprint density at radius 3 is 2.48 bits per heavy atom. The van der Waals surface area contributed by atoms with E-state index in [0.29, 0.717) is 5.69 Å². The Hall–Kier alpha value is -2.69. The normalized spacial score (nSPS) is 17.7. The zero-order chi connectivity index (χ0) is 16.6. The van der Waals surface area contributed by atoms with E-state index in [1.165, 1.54) is 24.3 Å². The van der Waals surface area contributed by atoms with Gasteiger partial charge in [0, 0.05) is 5.69 Å². The molecule has 1 heterocycles. The van der Waals surface area contributed by atoms with Crippen molar-refractivity contribution in [3.05, 3.63) is 59.4 Å². The van der Waals surface area contributed by atoms with Crippen LogP contribution in [0, 0.1) is 19.7 Å². The van der Waals surface area contributed by atoms with E-state index in [1.807, 2.05) is 32.0 Å². The van der Waals surface area contributed by atoms with Crippen LogP contribution in [0.5, 0.6) is 0 Å². The Morgan fingerprint density at radius 2 is 1.78 bits per heavy atom. The van der Waals surface area contributed by atoms with Gasteiger partial charge in [0.25, 0.3) is 5.91 Å². The molecule has 1 atom stereocenters. The molecule has 2 aromatic rings. The third-order valence-electron chi connectivity index (χ3n) is 3.95. The maximum absolute atomic E-state index is 13.0. The molecular formula is C18H17FN2O2. The lowest BCUT2D eigenvalue weighted by molar-refractivity contribution is -0.121. The van der Waals surface area contributed by atoms with Gasteiger partial charge in [-0.25, -0.2) is 9.29 Å². The minimum Gasteiger partial charge on any atom is -0.373 e. The number of imide groups is 1. The lowest BCUT2D eigenvalue weighted by Gasteiger charge is -2.17. The number of halogens is 1. The Kier molecular flexibility index (Phi) is 3.86. The number of carbonyl (C=O) groups excluding carboxylic acids is 2. The molecule has 3 rings (SSSR count). The average molecular weight is 312 g/mol. The first-order valence-corrected chi connectivity index (χ1v) is 7.42. The summed E-state index contributed by atoms with van der Waals surface area (Å²) in [6.45, 7) is 3.91. The van der Waals surface area contributed by atoms with Crippen LogP contribution in [0.1, 0.15) is 17.5 Å². The second kappa shape index (κ2) is 5.83. The highest BCUT2D eigenvalue weighted by atomic mass is 19.1. The van der Waals surface area contributed by atoms with Gasteiger partial charge >= 0.3 is 0 Å². The van der Waals surface area contributed by atoms with Gasteiger partial charge in [0.1, 0.15) is 11.9 Å². The van der Waals surface area contributed by atoms with Crippen molar-refractivity contribution in [3.63, 3.8) is 0 Å². The van der Waals surface area contributed by atoms with Crippen LogP contribution in [0.3, 0.4) is 0 Å². The number of rotatable bonds is 3. The van der Waals surface area contributed by atoms with Crippen LogP contribution in [-0.4, -0.2) is 17.9 Å². The van der Waals surface area contributed by atoms with Crippen LogP contribution in [0.2, 0.25) is 0 Å². The molecule has 2 amide bonds. The third-order valence-corrected chi connectivity index (χ3v) is 3.95. The monoisotopic (exact) mass is 312 g/mol. The molecule has 0 radical (unpaired) electrons. The third kappa shape index (κ3) is 2.95. The molecule has 0 aliphatic carbocycles. The Bertz CT molecular complexity index is 771. The summed E-state index contributed by atoms with van der Waals surface area (Å²) in [6, 6.07) is 10.7. The van der Waals surface area contributed by atoms with Crippen LogP contribution < -0.4 is 10.2 Å². The standard InChI is InChI=1S/C18H17FN2O2/c1-11-3-4-12(2)15(9-11)20-16-10-17(22)21(18(16)23)14-7-5-13(19)6-8-14/h3-9,16,20H,10H2,1-2H3. The summed E-state index contributed by atoms with van der Waals surface area (Å²) in [7, 11) is 0. The van der Waals surface area contributed by atoms with Gasteiger partial charge in [0.15, 0.2) is 0 Å².